The summed E-state index contributed by atoms with van der Waals surface area (Å²) in [7, 11) is 0. The first kappa shape index (κ1) is 16.3. The van der Waals surface area contributed by atoms with Gasteiger partial charge >= 0.3 is 0 Å². The summed E-state index contributed by atoms with van der Waals surface area (Å²) < 4.78 is 0.970. The van der Waals surface area contributed by atoms with Gasteiger partial charge < -0.3 is 10.8 Å². The lowest BCUT2D eigenvalue weighted by atomic mass is 9.59. The molecule has 2 atom stereocenters. The van der Waals surface area contributed by atoms with Crippen LogP contribution in [0.4, 0.5) is 0 Å². The second-order valence-corrected chi connectivity index (χ2v) is 8.05. The van der Waals surface area contributed by atoms with Crippen LogP contribution < -0.4 is 5.73 Å². The SMILES string of the molecule is CC1(C)CCCC(CN)(Cc2ccc(Br)cc2Cl)C1O. The van der Waals surface area contributed by atoms with Gasteiger partial charge in [0, 0.05) is 21.5 Å². The van der Waals surface area contributed by atoms with Crippen LogP contribution >= 0.6 is 27.5 Å². The van der Waals surface area contributed by atoms with Gasteiger partial charge in [-0.05, 0) is 42.4 Å². The first-order valence-corrected chi connectivity index (χ1v) is 8.30. The van der Waals surface area contributed by atoms with E-state index in [1.165, 1.54) is 0 Å². The highest BCUT2D eigenvalue weighted by molar-refractivity contribution is 9.10. The second kappa shape index (κ2) is 5.96. The van der Waals surface area contributed by atoms with Crippen LogP contribution in [-0.4, -0.2) is 17.8 Å². The smallest absolute Gasteiger partial charge is 0.0662 e. The summed E-state index contributed by atoms with van der Waals surface area (Å²) in [5.74, 6) is 0. The Morgan fingerprint density at radius 2 is 2.10 bits per heavy atom. The molecule has 0 heterocycles. The fourth-order valence-electron chi connectivity index (χ4n) is 3.51. The zero-order valence-electron chi connectivity index (χ0n) is 12.1. The molecule has 0 radical (unpaired) electrons. The fraction of sp³-hybridized carbons (Fsp3) is 0.625. The van der Waals surface area contributed by atoms with Crippen LogP contribution in [0.15, 0.2) is 22.7 Å². The third-order valence-corrected chi connectivity index (χ3v) is 5.63. The van der Waals surface area contributed by atoms with Gasteiger partial charge in [0.05, 0.1) is 6.10 Å². The maximum absolute atomic E-state index is 10.8. The Hall–Kier alpha value is -0.0900. The lowest BCUT2D eigenvalue weighted by molar-refractivity contribution is -0.0884. The summed E-state index contributed by atoms with van der Waals surface area (Å²) >= 11 is 9.76. The topological polar surface area (TPSA) is 46.2 Å². The Morgan fingerprint density at radius 1 is 1.40 bits per heavy atom. The van der Waals surface area contributed by atoms with Gasteiger partial charge in [-0.1, -0.05) is 53.9 Å². The van der Waals surface area contributed by atoms with E-state index in [4.69, 9.17) is 17.3 Å². The first-order valence-electron chi connectivity index (χ1n) is 7.13. The number of aliphatic hydroxyl groups is 1. The van der Waals surface area contributed by atoms with Gasteiger partial charge in [-0.2, -0.15) is 0 Å². The molecule has 1 saturated carbocycles. The molecule has 1 fully saturated rings. The van der Waals surface area contributed by atoms with Crippen molar-refractivity contribution in [2.75, 3.05) is 6.54 Å². The molecular formula is C16H23BrClNO. The number of hydrogen-bond donors (Lipinski definition) is 2. The number of rotatable bonds is 3. The normalized spacial score (nSPS) is 29.4. The average Bonchev–Trinajstić information content (AvgIpc) is 2.38. The van der Waals surface area contributed by atoms with Crippen LogP contribution in [0.5, 0.6) is 0 Å². The number of hydrogen-bond acceptors (Lipinski definition) is 2. The first-order chi connectivity index (χ1) is 9.31. The Balaban J connectivity index is 2.32. The number of aliphatic hydroxyl groups excluding tert-OH is 1. The summed E-state index contributed by atoms with van der Waals surface area (Å²) in [5, 5.41) is 11.6. The molecule has 0 aromatic heterocycles. The van der Waals surface area contributed by atoms with Crippen LogP contribution in [0.25, 0.3) is 0 Å². The van der Waals surface area contributed by atoms with Crippen molar-refractivity contribution < 1.29 is 5.11 Å². The highest BCUT2D eigenvalue weighted by Crippen LogP contribution is 2.48. The highest BCUT2D eigenvalue weighted by Gasteiger charge is 2.47. The van der Waals surface area contributed by atoms with Gasteiger partial charge in [0.15, 0.2) is 0 Å². The van der Waals surface area contributed by atoms with Crippen molar-refractivity contribution >= 4 is 27.5 Å². The van der Waals surface area contributed by atoms with Crippen molar-refractivity contribution in [2.24, 2.45) is 16.6 Å². The van der Waals surface area contributed by atoms with Crippen molar-refractivity contribution in [1.82, 2.24) is 0 Å². The summed E-state index contributed by atoms with van der Waals surface area (Å²) in [4.78, 5) is 0. The standard InChI is InChI=1S/C16H23BrClNO/c1-15(2)6-3-7-16(10-19,14(15)20)9-11-4-5-12(17)8-13(11)18/h4-5,8,14,20H,3,6-7,9-10,19H2,1-2H3. The Morgan fingerprint density at radius 3 is 2.70 bits per heavy atom. The molecule has 4 heteroatoms. The molecule has 20 heavy (non-hydrogen) atoms. The van der Waals surface area contributed by atoms with Gasteiger partial charge in [0.25, 0.3) is 0 Å². The third kappa shape index (κ3) is 3.06. The zero-order chi connectivity index (χ0) is 15.0. The van der Waals surface area contributed by atoms with E-state index in [9.17, 15) is 5.11 Å². The minimum absolute atomic E-state index is 0.0839. The Bertz CT molecular complexity index is 491. The summed E-state index contributed by atoms with van der Waals surface area (Å²) in [6.45, 7) is 4.75. The van der Waals surface area contributed by atoms with Crippen molar-refractivity contribution in [3.8, 4) is 0 Å². The van der Waals surface area contributed by atoms with Gasteiger partial charge in [0.1, 0.15) is 0 Å². The fourth-order valence-corrected chi connectivity index (χ4v) is 4.25. The van der Waals surface area contributed by atoms with Crippen molar-refractivity contribution in [3.63, 3.8) is 0 Å². The summed E-state index contributed by atoms with van der Waals surface area (Å²) in [6.07, 6.45) is 3.45. The molecule has 1 aromatic rings. The molecule has 3 N–H and O–H groups in total. The lowest BCUT2D eigenvalue weighted by Crippen LogP contribution is -2.53. The van der Waals surface area contributed by atoms with Gasteiger partial charge in [0.2, 0.25) is 0 Å². The van der Waals surface area contributed by atoms with Crippen LogP contribution in [0, 0.1) is 10.8 Å². The Labute approximate surface area is 134 Å². The van der Waals surface area contributed by atoms with Crippen molar-refractivity contribution in [3.05, 3.63) is 33.3 Å². The van der Waals surface area contributed by atoms with E-state index in [1.54, 1.807) is 0 Å². The number of nitrogens with two attached hydrogens (primary N) is 1. The maximum atomic E-state index is 10.8. The third-order valence-electron chi connectivity index (χ3n) is 4.78. The largest absolute Gasteiger partial charge is 0.392 e. The average molecular weight is 361 g/mol. The maximum Gasteiger partial charge on any atom is 0.0662 e. The van der Waals surface area contributed by atoms with E-state index >= 15 is 0 Å². The van der Waals surface area contributed by atoms with E-state index in [1.807, 2.05) is 18.2 Å². The number of halogens is 2. The molecule has 2 nitrogen and oxygen atoms in total. The summed E-state index contributed by atoms with van der Waals surface area (Å²) in [6, 6.07) is 5.92. The molecular weight excluding hydrogens is 338 g/mol. The quantitative estimate of drug-likeness (QED) is 0.850. The molecule has 0 amide bonds. The van der Waals surface area contributed by atoms with Crippen molar-refractivity contribution in [1.29, 1.82) is 0 Å². The molecule has 1 aliphatic carbocycles. The van der Waals surface area contributed by atoms with E-state index in [0.717, 1.165) is 40.7 Å². The molecule has 0 aliphatic heterocycles. The highest BCUT2D eigenvalue weighted by atomic mass is 79.9. The molecule has 2 rings (SSSR count). The molecule has 1 aromatic carbocycles. The predicted octanol–water partition coefficient (Wildman–Crippen LogP) is 4.16. The van der Waals surface area contributed by atoms with Crippen LogP contribution in [-0.2, 0) is 6.42 Å². The monoisotopic (exact) mass is 359 g/mol. The number of benzene rings is 1. The van der Waals surface area contributed by atoms with E-state index in [0.29, 0.717) is 6.54 Å². The van der Waals surface area contributed by atoms with Crippen LogP contribution in [0.2, 0.25) is 5.02 Å². The minimum atomic E-state index is -0.395. The lowest BCUT2D eigenvalue weighted by Gasteiger charge is -2.49. The Kier molecular flexibility index (Phi) is 4.85. The van der Waals surface area contributed by atoms with E-state index in [-0.39, 0.29) is 10.8 Å². The van der Waals surface area contributed by atoms with Crippen molar-refractivity contribution in [2.45, 2.75) is 45.6 Å². The minimum Gasteiger partial charge on any atom is -0.392 e. The van der Waals surface area contributed by atoms with Crippen LogP contribution in [0.3, 0.4) is 0 Å². The van der Waals surface area contributed by atoms with E-state index < -0.39 is 6.10 Å². The molecule has 0 bridgehead atoms. The molecule has 1 aliphatic rings. The van der Waals surface area contributed by atoms with Gasteiger partial charge in [-0.25, -0.2) is 0 Å². The van der Waals surface area contributed by atoms with E-state index in [2.05, 4.69) is 29.8 Å². The predicted molar refractivity (Wildman–Crippen MR) is 88.0 cm³/mol. The van der Waals surface area contributed by atoms with Gasteiger partial charge in [-0.3, -0.25) is 0 Å². The molecule has 112 valence electrons. The van der Waals surface area contributed by atoms with Crippen LogP contribution in [0.1, 0.15) is 38.7 Å². The molecule has 0 spiro atoms. The summed E-state index contributed by atoms with van der Waals surface area (Å²) in [5.41, 5.74) is 6.78. The zero-order valence-corrected chi connectivity index (χ0v) is 14.5. The van der Waals surface area contributed by atoms with Gasteiger partial charge in [-0.15, -0.1) is 0 Å². The second-order valence-electron chi connectivity index (χ2n) is 6.72. The molecule has 2 unspecified atom stereocenters. The molecule has 0 saturated heterocycles.